The zero-order valence-electron chi connectivity index (χ0n) is 13.7. The fourth-order valence-electron chi connectivity index (χ4n) is 2.46. The molecule has 3 rings (SSSR count). The Kier molecular flexibility index (Phi) is 4.61. The molecule has 0 radical (unpaired) electrons. The van der Waals surface area contributed by atoms with Crippen LogP contribution in [0.25, 0.3) is 10.9 Å². The van der Waals surface area contributed by atoms with E-state index in [1.54, 1.807) is 24.3 Å². The van der Waals surface area contributed by atoms with Crippen molar-refractivity contribution in [3.63, 3.8) is 0 Å². The van der Waals surface area contributed by atoms with Crippen molar-refractivity contribution >= 4 is 34.2 Å². The molecule has 26 heavy (non-hydrogen) atoms. The van der Waals surface area contributed by atoms with Crippen LogP contribution in [-0.4, -0.2) is 33.6 Å². The molecule has 3 aromatic rings. The van der Waals surface area contributed by atoms with E-state index in [-0.39, 0.29) is 17.1 Å². The highest BCUT2D eigenvalue weighted by molar-refractivity contribution is 6.03. The third-order valence-corrected chi connectivity index (χ3v) is 3.77. The van der Waals surface area contributed by atoms with Gasteiger partial charge in [-0.3, -0.25) is 20.0 Å². The van der Waals surface area contributed by atoms with Crippen LogP contribution in [0, 0.1) is 17.0 Å². The van der Waals surface area contributed by atoms with E-state index >= 15 is 0 Å². The number of nitrogens with one attached hydrogen (secondary N) is 2. The Morgan fingerprint density at radius 2 is 2.00 bits per heavy atom. The molecule has 0 saturated carbocycles. The SMILES string of the molecule is Cc1c(NC(=O)COC(=O)c2n[nH]c3ccccc23)cccc1[N+](=O)[O-]. The summed E-state index contributed by atoms with van der Waals surface area (Å²) in [7, 11) is 0. The van der Waals surface area contributed by atoms with E-state index in [4.69, 9.17) is 4.74 Å². The number of amides is 1. The smallest absolute Gasteiger partial charge is 0.359 e. The van der Waals surface area contributed by atoms with Gasteiger partial charge < -0.3 is 10.1 Å². The number of nitro groups is 1. The van der Waals surface area contributed by atoms with E-state index in [9.17, 15) is 19.7 Å². The van der Waals surface area contributed by atoms with Gasteiger partial charge in [0.15, 0.2) is 12.3 Å². The summed E-state index contributed by atoms with van der Waals surface area (Å²) < 4.78 is 4.98. The molecule has 2 aromatic carbocycles. The molecule has 0 fully saturated rings. The quantitative estimate of drug-likeness (QED) is 0.412. The van der Waals surface area contributed by atoms with E-state index in [0.717, 1.165) is 0 Å². The molecule has 0 bridgehead atoms. The second-order valence-corrected chi connectivity index (χ2v) is 5.45. The number of aromatic amines is 1. The summed E-state index contributed by atoms with van der Waals surface area (Å²) in [6.07, 6.45) is 0. The number of hydrogen-bond donors (Lipinski definition) is 2. The van der Waals surface area contributed by atoms with Crippen molar-refractivity contribution in [1.82, 2.24) is 10.2 Å². The molecule has 0 atom stereocenters. The predicted octanol–water partition coefficient (Wildman–Crippen LogP) is 2.58. The minimum atomic E-state index is -0.742. The fraction of sp³-hybridized carbons (Fsp3) is 0.118. The van der Waals surface area contributed by atoms with E-state index in [1.807, 2.05) is 0 Å². The number of hydrogen-bond acceptors (Lipinski definition) is 6. The van der Waals surface area contributed by atoms with Crippen molar-refractivity contribution in [1.29, 1.82) is 0 Å². The lowest BCUT2D eigenvalue weighted by atomic mass is 10.1. The number of esters is 1. The van der Waals surface area contributed by atoms with Crippen LogP contribution in [0.2, 0.25) is 0 Å². The topological polar surface area (TPSA) is 127 Å². The molecule has 132 valence electrons. The first-order valence-corrected chi connectivity index (χ1v) is 7.61. The van der Waals surface area contributed by atoms with Crippen molar-refractivity contribution in [3.8, 4) is 0 Å². The summed E-state index contributed by atoms with van der Waals surface area (Å²) in [4.78, 5) is 34.5. The third kappa shape index (κ3) is 3.36. The molecule has 0 aliphatic heterocycles. The highest BCUT2D eigenvalue weighted by atomic mass is 16.6. The van der Waals surface area contributed by atoms with Crippen molar-refractivity contribution in [2.75, 3.05) is 11.9 Å². The maximum atomic E-state index is 12.1. The van der Waals surface area contributed by atoms with Crippen molar-refractivity contribution < 1.29 is 19.2 Å². The van der Waals surface area contributed by atoms with E-state index in [0.29, 0.717) is 16.5 Å². The number of nitro benzene ring substituents is 1. The zero-order valence-corrected chi connectivity index (χ0v) is 13.7. The Balaban J connectivity index is 1.65. The first kappa shape index (κ1) is 17.1. The van der Waals surface area contributed by atoms with Crippen LogP contribution in [0.3, 0.4) is 0 Å². The van der Waals surface area contributed by atoms with Crippen LogP contribution >= 0.6 is 0 Å². The first-order chi connectivity index (χ1) is 12.5. The van der Waals surface area contributed by atoms with Gasteiger partial charge in [-0.05, 0) is 19.1 Å². The van der Waals surface area contributed by atoms with E-state index in [2.05, 4.69) is 15.5 Å². The molecule has 1 amide bonds. The molecule has 0 aliphatic rings. The van der Waals surface area contributed by atoms with Crippen LogP contribution < -0.4 is 5.32 Å². The lowest BCUT2D eigenvalue weighted by Crippen LogP contribution is -2.21. The zero-order chi connectivity index (χ0) is 18.7. The van der Waals surface area contributed by atoms with Gasteiger partial charge in [0.05, 0.1) is 21.7 Å². The van der Waals surface area contributed by atoms with Gasteiger partial charge >= 0.3 is 5.97 Å². The monoisotopic (exact) mass is 354 g/mol. The number of para-hydroxylation sites is 1. The van der Waals surface area contributed by atoms with Gasteiger partial charge in [0.2, 0.25) is 0 Å². The third-order valence-electron chi connectivity index (χ3n) is 3.77. The van der Waals surface area contributed by atoms with Crippen LogP contribution in [0.1, 0.15) is 16.1 Å². The largest absolute Gasteiger partial charge is 0.451 e. The number of benzene rings is 2. The summed E-state index contributed by atoms with van der Waals surface area (Å²) >= 11 is 0. The molecule has 0 spiro atoms. The predicted molar refractivity (Wildman–Crippen MR) is 92.8 cm³/mol. The average Bonchev–Trinajstić information content (AvgIpc) is 3.05. The normalized spacial score (nSPS) is 10.5. The second kappa shape index (κ2) is 7.01. The molecular formula is C17H14N4O5. The van der Waals surface area contributed by atoms with Gasteiger partial charge in [-0.1, -0.05) is 24.3 Å². The second-order valence-electron chi connectivity index (χ2n) is 5.45. The summed E-state index contributed by atoms with van der Waals surface area (Å²) in [5, 5.41) is 20.6. The van der Waals surface area contributed by atoms with Gasteiger partial charge in [-0.25, -0.2) is 4.79 Å². The van der Waals surface area contributed by atoms with Gasteiger partial charge in [0.1, 0.15) is 0 Å². The number of rotatable bonds is 5. The Hall–Kier alpha value is -3.75. The van der Waals surface area contributed by atoms with Crippen molar-refractivity contribution in [2.45, 2.75) is 6.92 Å². The average molecular weight is 354 g/mol. The number of ether oxygens (including phenoxy) is 1. The Morgan fingerprint density at radius 3 is 2.77 bits per heavy atom. The molecule has 0 saturated heterocycles. The summed E-state index contributed by atoms with van der Waals surface area (Å²) in [5.41, 5.74) is 1.25. The van der Waals surface area contributed by atoms with Crippen molar-refractivity contribution in [2.24, 2.45) is 0 Å². The molecule has 0 aliphatic carbocycles. The Bertz CT molecular complexity index is 1010. The molecule has 9 heteroatoms. The number of fused-ring (bicyclic) bond motifs is 1. The van der Waals surface area contributed by atoms with Crippen LogP contribution in [0.4, 0.5) is 11.4 Å². The number of aromatic nitrogens is 2. The number of anilines is 1. The number of H-pyrrole nitrogens is 1. The fourth-order valence-corrected chi connectivity index (χ4v) is 2.46. The van der Waals surface area contributed by atoms with Gasteiger partial charge in [0.25, 0.3) is 11.6 Å². The molecular weight excluding hydrogens is 340 g/mol. The maximum Gasteiger partial charge on any atom is 0.359 e. The molecule has 9 nitrogen and oxygen atoms in total. The standard InChI is InChI=1S/C17H14N4O5/c1-10-12(7-4-8-14(10)21(24)25)18-15(22)9-26-17(23)16-11-5-2-3-6-13(11)19-20-16/h2-8H,9H2,1H3,(H,18,22)(H,19,20). The Morgan fingerprint density at radius 1 is 1.23 bits per heavy atom. The summed E-state index contributed by atoms with van der Waals surface area (Å²) in [6, 6.07) is 11.4. The van der Waals surface area contributed by atoms with Crippen molar-refractivity contribution in [3.05, 3.63) is 63.8 Å². The Labute approximate surface area is 147 Å². The maximum absolute atomic E-state index is 12.1. The number of carbonyl (C=O) groups excluding carboxylic acids is 2. The lowest BCUT2D eigenvalue weighted by Gasteiger charge is -2.08. The molecule has 2 N–H and O–H groups in total. The first-order valence-electron chi connectivity index (χ1n) is 7.61. The minimum absolute atomic E-state index is 0.0833. The highest BCUT2D eigenvalue weighted by Crippen LogP contribution is 2.25. The summed E-state index contributed by atoms with van der Waals surface area (Å²) in [6.45, 7) is 0.984. The van der Waals surface area contributed by atoms with Gasteiger partial charge in [0, 0.05) is 11.5 Å². The van der Waals surface area contributed by atoms with Crippen LogP contribution in [-0.2, 0) is 9.53 Å². The number of carbonyl (C=O) groups is 2. The molecule has 1 heterocycles. The van der Waals surface area contributed by atoms with Gasteiger partial charge in [-0.15, -0.1) is 0 Å². The summed E-state index contributed by atoms with van der Waals surface area (Å²) in [5.74, 6) is -1.35. The molecule has 1 aromatic heterocycles. The van der Waals surface area contributed by atoms with E-state index < -0.39 is 23.4 Å². The number of nitrogens with zero attached hydrogens (tertiary/aromatic N) is 2. The highest BCUT2D eigenvalue weighted by Gasteiger charge is 2.18. The van der Waals surface area contributed by atoms with Crippen LogP contribution in [0.15, 0.2) is 42.5 Å². The molecule has 0 unspecified atom stereocenters. The minimum Gasteiger partial charge on any atom is -0.451 e. The lowest BCUT2D eigenvalue weighted by molar-refractivity contribution is -0.385. The van der Waals surface area contributed by atoms with Crippen LogP contribution in [0.5, 0.6) is 0 Å². The van der Waals surface area contributed by atoms with Gasteiger partial charge in [-0.2, -0.15) is 5.10 Å². The van der Waals surface area contributed by atoms with E-state index in [1.165, 1.54) is 25.1 Å².